The van der Waals surface area contributed by atoms with E-state index in [0.717, 1.165) is 6.42 Å². The van der Waals surface area contributed by atoms with Crippen LogP contribution in [-0.4, -0.2) is 37.4 Å². The lowest BCUT2D eigenvalue weighted by Crippen LogP contribution is -2.35. The second-order valence-electron chi connectivity index (χ2n) is 5.14. The van der Waals surface area contributed by atoms with Crippen LogP contribution < -0.4 is 5.32 Å². The van der Waals surface area contributed by atoms with Gasteiger partial charge in [0.1, 0.15) is 0 Å². The zero-order valence-electron chi connectivity index (χ0n) is 12.6. The summed E-state index contributed by atoms with van der Waals surface area (Å²) < 4.78 is 4.75. The van der Waals surface area contributed by atoms with Crippen LogP contribution in [0.2, 0.25) is 0 Å². The summed E-state index contributed by atoms with van der Waals surface area (Å²) in [4.78, 5) is 11.5. The van der Waals surface area contributed by atoms with Gasteiger partial charge in [-0.25, -0.2) is 0 Å². The van der Waals surface area contributed by atoms with E-state index in [0.29, 0.717) is 19.4 Å². The molecule has 0 saturated heterocycles. The zero-order chi connectivity index (χ0) is 15.0. The smallest absolute Gasteiger partial charge is 0.307 e. The van der Waals surface area contributed by atoms with Gasteiger partial charge in [0.15, 0.2) is 0 Å². The number of aryl methyl sites for hydroxylation is 2. The quantitative estimate of drug-likeness (QED) is 0.562. The van der Waals surface area contributed by atoms with E-state index in [1.807, 2.05) is 0 Å². The van der Waals surface area contributed by atoms with Crippen LogP contribution >= 0.6 is 0 Å². The molecule has 1 aromatic rings. The summed E-state index contributed by atoms with van der Waals surface area (Å²) in [6.45, 7) is 5.00. The van der Waals surface area contributed by atoms with Crippen LogP contribution in [-0.2, 0) is 16.0 Å². The van der Waals surface area contributed by atoms with Gasteiger partial charge in [0, 0.05) is 12.6 Å². The molecule has 2 N–H and O–H groups in total. The van der Waals surface area contributed by atoms with E-state index in [1.54, 1.807) is 0 Å². The van der Waals surface area contributed by atoms with Crippen LogP contribution in [0.1, 0.15) is 29.5 Å². The molecule has 1 unspecified atom stereocenters. The molecule has 0 amide bonds. The second-order valence-corrected chi connectivity index (χ2v) is 5.14. The molecular weight excluding hydrogens is 254 g/mol. The molecule has 0 aliphatic carbocycles. The van der Waals surface area contributed by atoms with E-state index in [9.17, 15) is 4.79 Å². The number of aliphatic hydroxyl groups excluding tert-OH is 1. The first-order valence-corrected chi connectivity index (χ1v) is 7.04. The topological polar surface area (TPSA) is 58.6 Å². The fourth-order valence-corrected chi connectivity index (χ4v) is 2.17. The lowest BCUT2D eigenvalue weighted by Gasteiger charge is -2.19. The average Bonchev–Trinajstić information content (AvgIpc) is 2.42. The van der Waals surface area contributed by atoms with E-state index in [4.69, 9.17) is 9.84 Å². The number of rotatable bonds is 8. The van der Waals surface area contributed by atoms with Crippen LogP contribution in [0.4, 0.5) is 0 Å². The number of nitrogens with one attached hydrogen (secondary N) is 1. The first-order chi connectivity index (χ1) is 9.56. The van der Waals surface area contributed by atoms with E-state index in [1.165, 1.54) is 23.8 Å². The van der Waals surface area contributed by atoms with Gasteiger partial charge in [-0.3, -0.25) is 4.79 Å². The van der Waals surface area contributed by atoms with Crippen molar-refractivity contribution in [2.45, 2.75) is 39.2 Å². The van der Waals surface area contributed by atoms with E-state index >= 15 is 0 Å². The predicted octanol–water partition coefficient (Wildman–Crippen LogP) is 1.75. The minimum atomic E-state index is -0.211. The van der Waals surface area contributed by atoms with Crippen LogP contribution in [0, 0.1) is 13.8 Å². The molecule has 0 aromatic heterocycles. The van der Waals surface area contributed by atoms with Crippen molar-refractivity contribution in [2.24, 2.45) is 0 Å². The number of methoxy groups -OCH3 is 1. The van der Waals surface area contributed by atoms with Gasteiger partial charge in [-0.1, -0.05) is 23.8 Å². The van der Waals surface area contributed by atoms with E-state index < -0.39 is 0 Å². The van der Waals surface area contributed by atoms with Gasteiger partial charge >= 0.3 is 5.97 Å². The Bertz CT molecular complexity index is 432. The largest absolute Gasteiger partial charge is 0.469 e. The molecule has 1 aromatic carbocycles. The summed E-state index contributed by atoms with van der Waals surface area (Å²) in [5.74, 6) is -0.211. The van der Waals surface area contributed by atoms with Crippen LogP contribution in [0.3, 0.4) is 0 Å². The first-order valence-electron chi connectivity index (χ1n) is 7.04. The molecule has 0 saturated carbocycles. The molecule has 0 aliphatic rings. The SMILES string of the molecule is COC(=O)CC(Cc1cc(C)ccc1C)NCCCO. The van der Waals surface area contributed by atoms with Gasteiger partial charge in [0.05, 0.1) is 13.5 Å². The lowest BCUT2D eigenvalue weighted by atomic mass is 9.97. The molecule has 1 rings (SSSR count). The molecule has 4 nitrogen and oxygen atoms in total. The minimum Gasteiger partial charge on any atom is -0.469 e. The standard InChI is InChI=1S/C16H25NO3/c1-12-5-6-13(2)14(9-12)10-15(11-16(19)20-3)17-7-4-8-18/h5-6,9,15,17-18H,4,7-8,10-11H2,1-3H3. The summed E-state index contributed by atoms with van der Waals surface area (Å²) in [6.07, 6.45) is 1.81. The minimum absolute atomic E-state index is 0.0366. The van der Waals surface area contributed by atoms with Crippen LogP contribution in [0.25, 0.3) is 0 Å². The number of carbonyl (C=O) groups excluding carboxylic acids is 1. The van der Waals surface area contributed by atoms with Gasteiger partial charge in [0.2, 0.25) is 0 Å². The molecule has 20 heavy (non-hydrogen) atoms. The lowest BCUT2D eigenvalue weighted by molar-refractivity contribution is -0.141. The Morgan fingerprint density at radius 3 is 2.80 bits per heavy atom. The highest BCUT2D eigenvalue weighted by Gasteiger charge is 2.15. The Morgan fingerprint density at radius 1 is 1.40 bits per heavy atom. The van der Waals surface area contributed by atoms with Crippen molar-refractivity contribution in [3.05, 3.63) is 34.9 Å². The Balaban J connectivity index is 2.71. The Hall–Kier alpha value is -1.39. The fourth-order valence-electron chi connectivity index (χ4n) is 2.17. The molecule has 0 aliphatic heterocycles. The van der Waals surface area contributed by atoms with Gasteiger partial charge in [-0.2, -0.15) is 0 Å². The number of ether oxygens (including phenoxy) is 1. The average molecular weight is 279 g/mol. The van der Waals surface area contributed by atoms with Crippen molar-refractivity contribution in [3.63, 3.8) is 0 Å². The number of hydrogen-bond donors (Lipinski definition) is 2. The van der Waals surface area contributed by atoms with Crippen LogP contribution in [0.15, 0.2) is 18.2 Å². The summed E-state index contributed by atoms with van der Waals surface area (Å²) in [7, 11) is 1.41. The molecule has 1 atom stereocenters. The monoisotopic (exact) mass is 279 g/mol. The van der Waals surface area contributed by atoms with Gasteiger partial charge in [0.25, 0.3) is 0 Å². The second kappa shape index (κ2) is 8.72. The van der Waals surface area contributed by atoms with Crippen molar-refractivity contribution < 1.29 is 14.6 Å². The highest BCUT2D eigenvalue weighted by molar-refractivity contribution is 5.70. The third-order valence-corrected chi connectivity index (χ3v) is 3.38. The Labute approximate surface area is 121 Å². The number of aliphatic hydroxyl groups is 1. The molecule has 0 heterocycles. The van der Waals surface area contributed by atoms with Gasteiger partial charge in [-0.15, -0.1) is 0 Å². The highest BCUT2D eigenvalue weighted by Crippen LogP contribution is 2.14. The Morgan fingerprint density at radius 2 is 2.15 bits per heavy atom. The third kappa shape index (κ3) is 5.72. The van der Waals surface area contributed by atoms with Crippen molar-refractivity contribution in [1.82, 2.24) is 5.32 Å². The first kappa shape index (κ1) is 16.7. The normalized spacial score (nSPS) is 12.2. The number of benzene rings is 1. The third-order valence-electron chi connectivity index (χ3n) is 3.38. The maximum Gasteiger partial charge on any atom is 0.307 e. The van der Waals surface area contributed by atoms with E-state index in [2.05, 4.69) is 37.4 Å². The van der Waals surface area contributed by atoms with E-state index in [-0.39, 0.29) is 18.6 Å². The van der Waals surface area contributed by atoms with Crippen molar-refractivity contribution >= 4 is 5.97 Å². The maximum atomic E-state index is 11.5. The van der Waals surface area contributed by atoms with Crippen molar-refractivity contribution in [2.75, 3.05) is 20.3 Å². The molecule has 0 radical (unpaired) electrons. The van der Waals surface area contributed by atoms with Gasteiger partial charge in [-0.05, 0) is 44.4 Å². The van der Waals surface area contributed by atoms with Crippen molar-refractivity contribution in [3.8, 4) is 0 Å². The molecular formula is C16H25NO3. The van der Waals surface area contributed by atoms with Crippen molar-refractivity contribution in [1.29, 1.82) is 0 Å². The molecule has 112 valence electrons. The Kier molecular flexibility index (Phi) is 7.26. The molecule has 0 fully saturated rings. The fraction of sp³-hybridized carbons (Fsp3) is 0.562. The summed E-state index contributed by atoms with van der Waals surface area (Å²) >= 11 is 0. The summed E-state index contributed by atoms with van der Waals surface area (Å²) in [5, 5.41) is 12.2. The zero-order valence-corrected chi connectivity index (χ0v) is 12.6. The molecule has 0 bridgehead atoms. The molecule has 0 spiro atoms. The summed E-state index contributed by atoms with van der Waals surface area (Å²) in [5.41, 5.74) is 3.70. The summed E-state index contributed by atoms with van der Waals surface area (Å²) in [6, 6.07) is 6.39. The predicted molar refractivity (Wildman–Crippen MR) is 79.7 cm³/mol. The number of carbonyl (C=O) groups is 1. The number of esters is 1. The molecule has 4 heteroatoms. The van der Waals surface area contributed by atoms with Crippen LogP contribution in [0.5, 0.6) is 0 Å². The maximum absolute atomic E-state index is 11.5. The number of hydrogen-bond acceptors (Lipinski definition) is 4. The highest BCUT2D eigenvalue weighted by atomic mass is 16.5. The van der Waals surface area contributed by atoms with Gasteiger partial charge < -0.3 is 15.2 Å².